The lowest BCUT2D eigenvalue weighted by molar-refractivity contribution is -0.146. The van der Waals surface area contributed by atoms with Crippen LogP contribution in [0.25, 0.3) is 0 Å². The normalized spacial score (nSPS) is 14.7. The molecular formula is C15H22N4O4. The van der Waals surface area contributed by atoms with E-state index in [4.69, 9.17) is 9.84 Å². The SMILES string of the molecule is O=C(NCCOCCO)C(=O)N1CCN(c2ccccn2)CC1. The number of carbonyl (C=O) groups excluding carboxylic acids is 2. The Balaban J connectivity index is 1.71. The van der Waals surface area contributed by atoms with Crippen LogP contribution in [0, 0.1) is 0 Å². The van der Waals surface area contributed by atoms with E-state index in [1.165, 1.54) is 0 Å². The van der Waals surface area contributed by atoms with Crippen molar-refractivity contribution < 1.29 is 19.4 Å². The van der Waals surface area contributed by atoms with Gasteiger partial charge < -0.3 is 25.0 Å². The highest BCUT2D eigenvalue weighted by atomic mass is 16.5. The summed E-state index contributed by atoms with van der Waals surface area (Å²) in [6, 6.07) is 5.71. The Morgan fingerprint density at radius 3 is 2.65 bits per heavy atom. The number of aliphatic hydroxyl groups excluding tert-OH is 1. The van der Waals surface area contributed by atoms with E-state index in [0.717, 1.165) is 5.82 Å². The summed E-state index contributed by atoms with van der Waals surface area (Å²) in [4.78, 5) is 31.8. The van der Waals surface area contributed by atoms with Gasteiger partial charge in [-0.1, -0.05) is 6.07 Å². The van der Waals surface area contributed by atoms with Gasteiger partial charge in [0.2, 0.25) is 0 Å². The zero-order chi connectivity index (χ0) is 16.5. The number of hydrogen-bond donors (Lipinski definition) is 2. The fraction of sp³-hybridized carbons (Fsp3) is 0.533. The van der Waals surface area contributed by atoms with Crippen molar-refractivity contribution in [2.24, 2.45) is 0 Å². The Bertz CT molecular complexity index is 503. The van der Waals surface area contributed by atoms with E-state index in [1.54, 1.807) is 11.1 Å². The van der Waals surface area contributed by atoms with E-state index < -0.39 is 11.8 Å². The molecule has 0 saturated carbocycles. The topological polar surface area (TPSA) is 95.0 Å². The van der Waals surface area contributed by atoms with Crippen LogP contribution in [0.3, 0.4) is 0 Å². The highest BCUT2D eigenvalue weighted by Crippen LogP contribution is 2.12. The summed E-state index contributed by atoms with van der Waals surface area (Å²) in [5.74, 6) is -0.262. The molecule has 2 heterocycles. The predicted molar refractivity (Wildman–Crippen MR) is 83.9 cm³/mol. The number of rotatable bonds is 6. The second-order valence-corrected chi connectivity index (χ2v) is 5.06. The van der Waals surface area contributed by atoms with Crippen molar-refractivity contribution in [2.45, 2.75) is 0 Å². The molecule has 2 rings (SSSR count). The first-order chi connectivity index (χ1) is 11.2. The average molecular weight is 322 g/mol. The largest absolute Gasteiger partial charge is 0.394 e. The molecule has 1 aliphatic rings. The van der Waals surface area contributed by atoms with Crippen LogP contribution < -0.4 is 10.2 Å². The Morgan fingerprint density at radius 1 is 1.22 bits per heavy atom. The smallest absolute Gasteiger partial charge is 0.312 e. The molecule has 1 aromatic heterocycles. The number of piperazine rings is 1. The van der Waals surface area contributed by atoms with E-state index in [-0.39, 0.29) is 26.4 Å². The number of hydrogen-bond acceptors (Lipinski definition) is 6. The summed E-state index contributed by atoms with van der Waals surface area (Å²) in [7, 11) is 0. The lowest BCUT2D eigenvalue weighted by Gasteiger charge is -2.34. The minimum atomic E-state index is -0.621. The lowest BCUT2D eigenvalue weighted by atomic mass is 10.3. The molecule has 23 heavy (non-hydrogen) atoms. The molecule has 0 spiro atoms. The molecule has 0 aromatic carbocycles. The third kappa shape index (κ3) is 5.19. The minimum absolute atomic E-state index is 0.0621. The molecule has 126 valence electrons. The third-order valence-corrected chi connectivity index (χ3v) is 3.50. The van der Waals surface area contributed by atoms with Crippen molar-refractivity contribution in [3.05, 3.63) is 24.4 Å². The van der Waals surface area contributed by atoms with Crippen molar-refractivity contribution in [3.8, 4) is 0 Å². The molecule has 1 saturated heterocycles. The zero-order valence-electron chi connectivity index (χ0n) is 13.0. The second kappa shape index (κ2) is 9.06. The highest BCUT2D eigenvalue weighted by Gasteiger charge is 2.26. The molecular weight excluding hydrogens is 300 g/mol. The van der Waals surface area contributed by atoms with Gasteiger partial charge in [-0.05, 0) is 12.1 Å². The molecule has 8 heteroatoms. The van der Waals surface area contributed by atoms with Crippen LogP contribution >= 0.6 is 0 Å². The van der Waals surface area contributed by atoms with Gasteiger partial charge in [0.25, 0.3) is 0 Å². The van der Waals surface area contributed by atoms with Gasteiger partial charge in [-0.3, -0.25) is 9.59 Å². The van der Waals surface area contributed by atoms with Crippen LogP contribution in [0.2, 0.25) is 0 Å². The molecule has 0 bridgehead atoms. The molecule has 1 aromatic rings. The predicted octanol–water partition coefficient (Wildman–Crippen LogP) is -1.14. The fourth-order valence-corrected chi connectivity index (χ4v) is 2.30. The van der Waals surface area contributed by atoms with Gasteiger partial charge in [-0.15, -0.1) is 0 Å². The van der Waals surface area contributed by atoms with Gasteiger partial charge in [-0.25, -0.2) is 4.98 Å². The maximum atomic E-state index is 12.1. The lowest BCUT2D eigenvalue weighted by Crippen LogP contribution is -2.53. The highest BCUT2D eigenvalue weighted by molar-refractivity contribution is 6.35. The Hall–Kier alpha value is -2.19. The van der Waals surface area contributed by atoms with Gasteiger partial charge in [-0.2, -0.15) is 0 Å². The number of aliphatic hydroxyl groups is 1. The number of aromatic nitrogens is 1. The number of carbonyl (C=O) groups is 2. The van der Waals surface area contributed by atoms with Crippen molar-refractivity contribution >= 4 is 17.6 Å². The summed E-state index contributed by atoms with van der Waals surface area (Å²) < 4.78 is 5.02. The first kappa shape index (κ1) is 17.2. The number of anilines is 1. The quantitative estimate of drug-likeness (QED) is 0.508. The van der Waals surface area contributed by atoms with E-state index in [1.807, 2.05) is 18.2 Å². The van der Waals surface area contributed by atoms with Crippen LogP contribution in [0.15, 0.2) is 24.4 Å². The first-order valence-electron chi connectivity index (χ1n) is 7.64. The number of nitrogens with one attached hydrogen (secondary N) is 1. The number of ether oxygens (including phenoxy) is 1. The average Bonchev–Trinajstić information content (AvgIpc) is 2.61. The molecule has 1 fully saturated rings. The monoisotopic (exact) mass is 322 g/mol. The van der Waals surface area contributed by atoms with Crippen molar-refractivity contribution in [3.63, 3.8) is 0 Å². The molecule has 8 nitrogen and oxygen atoms in total. The molecule has 0 atom stereocenters. The molecule has 1 aliphatic heterocycles. The number of nitrogens with zero attached hydrogens (tertiary/aromatic N) is 3. The molecule has 0 aliphatic carbocycles. The maximum absolute atomic E-state index is 12.1. The van der Waals surface area contributed by atoms with E-state index >= 15 is 0 Å². The Labute approximate surface area is 135 Å². The molecule has 2 N–H and O–H groups in total. The number of amides is 2. The van der Waals surface area contributed by atoms with E-state index in [9.17, 15) is 9.59 Å². The standard InChI is InChI=1S/C15H22N4O4/c20-10-12-23-11-5-17-14(21)15(22)19-8-6-18(7-9-19)13-3-1-2-4-16-13/h1-4,20H,5-12H2,(H,17,21). The Morgan fingerprint density at radius 2 is 2.00 bits per heavy atom. The van der Waals surface area contributed by atoms with Crippen molar-refractivity contribution in [1.82, 2.24) is 15.2 Å². The van der Waals surface area contributed by atoms with Crippen LogP contribution in [0.5, 0.6) is 0 Å². The zero-order valence-corrected chi connectivity index (χ0v) is 13.0. The van der Waals surface area contributed by atoms with E-state index in [0.29, 0.717) is 26.2 Å². The van der Waals surface area contributed by atoms with Gasteiger partial charge in [0.15, 0.2) is 0 Å². The maximum Gasteiger partial charge on any atom is 0.312 e. The summed E-state index contributed by atoms with van der Waals surface area (Å²) in [5.41, 5.74) is 0. The summed E-state index contributed by atoms with van der Waals surface area (Å²) in [6.07, 6.45) is 1.74. The van der Waals surface area contributed by atoms with Crippen LogP contribution in [0.4, 0.5) is 5.82 Å². The van der Waals surface area contributed by atoms with Crippen LogP contribution in [-0.2, 0) is 14.3 Å². The molecule has 0 radical (unpaired) electrons. The second-order valence-electron chi connectivity index (χ2n) is 5.06. The fourth-order valence-electron chi connectivity index (χ4n) is 2.30. The molecule has 2 amide bonds. The van der Waals surface area contributed by atoms with Gasteiger partial charge in [0, 0.05) is 38.9 Å². The van der Waals surface area contributed by atoms with Crippen LogP contribution in [0.1, 0.15) is 0 Å². The first-order valence-corrected chi connectivity index (χ1v) is 7.64. The third-order valence-electron chi connectivity index (χ3n) is 3.50. The summed E-state index contributed by atoms with van der Waals surface area (Å²) in [5, 5.41) is 11.1. The van der Waals surface area contributed by atoms with E-state index in [2.05, 4.69) is 15.2 Å². The van der Waals surface area contributed by atoms with Crippen molar-refractivity contribution in [1.29, 1.82) is 0 Å². The minimum Gasteiger partial charge on any atom is -0.394 e. The van der Waals surface area contributed by atoms with Crippen molar-refractivity contribution in [2.75, 3.05) is 57.4 Å². The van der Waals surface area contributed by atoms with Gasteiger partial charge in [0.1, 0.15) is 5.82 Å². The number of pyridine rings is 1. The Kier molecular flexibility index (Phi) is 6.76. The summed E-state index contributed by atoms with van der Waals surface area (Å²) in [6.45, 7) is 2.96. The van der Waals surface area contributed by atoms with Gasteiger partial charge >= 0.3 is 11.8 Å². The summed E-state index contributed by atoms with van der Waals surface area (Å²) >= 11 is 0. The molecule has 0 unspecified atom stereocenters. The van der Waals surface area contributed by atoms with Gasteiger partial charge in [0.05, 0.1) is 19.8 Å². The van der Waals surface area contributed by atoms with Crippen LogP contribution in [-0.4, -0.2) is 79.3 Å².